The van der Waals surface area contributed by atoms with Gasteiger partial charge in [0.15, 0.2) is 11.5 Å². The van der Waals surface area contributed by atoms with Gasteiger partial charge in [0, 0.05) is 38.1 Å². The monoisotopic (exact) mass is 382 g/mol. The quantitative estimate of drug-likeness (QED) is 0.814. The highest BCUT2D eigenvalue weighted by molar-refractivity contribution is 5.80. The maximum Gasteiger partial charge on any atom is 0.231 e. The van der Waals surface area contributed by atoms with Gasteiger partial charge >= 0.3 is 0 Å². The second-order valence-corrected chi connectivity index (χ2v) is 7.89. The minimum atomic E-state index is -0.167. The van der Waals surface area contributed by atoms with E-state index in [-0.39, 0.29) is 30.6 Å². The number of aryl methyl sites for hydroxylation is 1. The molecule has 5 nitrogen and oxygen atoms in total. The van der Waals surface area contributed by atoms with Gasteiger partial charge < -0.3 is 14.4 Å². The van der Waals surface area contributed by atoms with Gasteiger partial charge in [-0.3, -0.25) is 9.69 Å². The molecule has 2 fully saturated rings. The first-order chi connectivity index (χ1) is 13.6. The van der Waals surface area contributed by atoms with Crippen molar-refractivity contribution in [3.8, 4) is 11.5 Å². The fraction of sp³-hybridized carbons (Fsp3) is 0.409. The Bertz CT molecular complexity index is 932. The number of ether oxygens (including phenoxy) is 2. The Hall–Kier alpha value is -2.60. The lowest BCUT2D eigenvalue weighted by Gasteiger charge is -2.25. The molecule has 0 unspecified atom stereocenters. The van der Waals surface area contributed by atoms with Crippen molar-refractivity contribution in [2.75, 3.05) is 13.3 Å². The van der Waals surface area contributed by atoms with E-state index in [4.69, 9.17) is 9.47 Å². The molecule has 6 heteroatoms. The Morgan fingerprint density at radius 1 is 1.04 bits per heavy atom. The fourth-order valence-electron chi connectivity index (χ4n) is 4.62. The number of halogens is 1. The van der Waals surface area contributed by atoms with Crippen LogP contribution in [-0.2, 0) is 17.9 Å². The smallest absolute Gasteiger partial charge is 0.231 e. The van der Waals surface area contributed by atoms with Crippen LogP contribution in [-0.4, -0.2) is 41.1 Å². The number of benzene rings is 2. The molecule has 0 bridgehead atoms. The van der Waals surface area contributed by atoms with Gasteiger partial charge in [-0.25, -0.2) is 4.39 Å². The molecule has 0 aromatic heterocycles. The molecular formula is C22H23FN2O3. The van der Waals surface area contributed by atoms with Gasteiger partial charge in [0.2, 0.25) is 12.7 Å². The van der Waals surface area contributed by atoms with E-state index >= 15 is 0 Å². The maximum absolute atomic E-state index is 13.9. The van der Waals surface area contributed by atoms with Crippen LogP contribution in [0.3, 0.4) is 0 Å². The maximum atomic E-state index is 13.9. The van der Waals surface area contributed by atoms with Crippen LogP contribution in [0.25, 0.3) is 0 Å². The lowest BCUT2D eigenvalue weighted by Crippen LogP contribution is -2.36. The molecule has 0 aliphatic carbocycles. The molecule has 0 N–H and O–H groups in total. The van der Waals surface area contributed by atoms with Crippen molar-refractivity contribution >= 4 is 5.91 Å². The highest BCUT2D eigenvalue weighted by atomic mass is 19.1. The van der Waals surface area contributed by atoms with Gasteiger partial charge in [-0.15, -0.1) is 0 Å². The Morgan fingerprint density at radius 3 is 2.68 bits per heavy atom. The van der Waals surface area contributed by atoms with Gasteiger partial charge in [0.1, 0.15) is 5.82 Å². The molecule has 0 saturated carbocycles. The van der Waals surface area contributed by atoms with Crippen molar-refractivity contribution in [1.29, 1.82) is 0 Å². The first-order valence-corrected chi connectivity index (χ1v) is 9.75. The van der Waals surface area contributed by atoms with Crippen LogP contribution in [0.5, 0.6) is 11.5 Å². The molecule has 28 heavy (non-hydrogen) atoms. The molecule has 2 atom stereocenters. The molecule has 0 radical (unpaired) electrons. The Labute approximate surface area is 163 Å². The van der Waals surface area contributed by atoms with Gasteiger partial charge in [0.25, 0.3) is 0 Å². The summed E-state index contributed by atoms with van der Waals surface area (Å²) in [5.74, 6) is 1.52. The van der Waals surface area contributed by atoms with Gasteiger partial charge in [-0.1, -0.05) is 18.2 Å². The molecule has 3 heterocycles. The zero-order chi connectivity index (χ0) is 19.3. The third-order valence-corrected chi connectivity index (χ3v) is 6.14. The van der Waals surface area contributed by atoms with Crippen molar-refractivity contribution in [2.45, 2.75) is 44.9 Å². The molecule has 0 spiro atoms. The Balaban J connectivity index is 1.29. The highest BCUT2D eigenvalue weighted by Gasteiger charge is 2.46. The second kappa shape index (κ2) is 6.78. The van der Waals surface area contributed by atoms with Crippen LogP contribution in [0.15, 0.2) is 36.4 Å². The summed E-state index contributed by atoms with van der Waals surface area (Å²) in [5, 5.41) is 0. The molecule has 146 valence electrons. The van der Waals surface area contributed by atoms with E-state index < -0.39 is 0 Å². The molecular weight excluding hydrogens is 359 g/mol. The third kappa shape index (κ3) is 3.02. The van der Waals surface area contributed by atoms with E-state index in [1.165, 1.54) is 0 Å². The summed E-state index contributed by atoms with van der Waals surface area (Å²) in [5.41, 5.74) is 2.68. The van der Waals surface area contributed by atoms with Crippen molar-refractivity contribution in [1.82, 2.24) is 9.80 Å². The van der Waals surface area contributed by atoms with E-state index in [0.717, 1.165) is 35.6 Å². The van der Waals surface area contributed by atoms with E-state index in [1.54, 1.807) is 13.0 Å². The summed E-state index contributed by atoms with van der Waals surface area (Å²) in [6.45, 7) is 4.22. The zero-order valence-corrected chi connectivity index (χ0v) is 15.9. The first kappa shape index (κ1) is 17.5. The zero-order valence-electron chi connectivity index (χ0n) is 15.9. The predicted octanol–water partition coefficient (Wildman–Crippen LogP) is 3.24. The Kier molecular flexibility index (Phi) is 4.23. The first-order valence-electron chi connectivity index (χ1n) is 9.75. The SMILES string of the molecule is Cc1ccc(CN2CC[C@H]3[C@@H]2CC(=O)N3Cc2ccc3c(c2)OCO3)cc1F. The average Bonchev–Trinajstić information content (AvgIpc) is 3.36. The molecule has 2 aromatic rings. The minimum absolute atomic E-state index is 0.167. The number of likely N-dealkylation sites (tertiary alicyclic amines) is 2. The summed E-state index contributed by atoms with van der Waals surface area (Å²) in [4.78, 5) is 17.0. The lowest BCUT2D eigenvalue weighted by atomic mass is 10.1. The van der Waals surface area contributed by atoms with Crippen molar-refractivity contribution < 1.29 is 18.7 Å². The number of amides is 1. The van der Waals surface area contributed by atoms with E-state index in [2.05, 4.69) is 4.90 Å². The number of nitrogens with zero attached hydrogens (tertiary/aromatic N) is 2. The summed E-state index contributed by atoms with van der Waals surface area (Å²) in [6, 6.07) is 11.7. The summed E-state index contributed by atoms with van der Waals surface area (Å²) in [7, 11) is 0. The van der Waals surface area contributed by atoms with E-state index in [9.17, 15) is 9.18 Å². The van der Waals surface area contributed by atoms with Crippen molar-refractivity contribution in [2.24, 2.45) is 0 Å². The molecule has 5 rings (SSSR count). The molecule has 2 saturated heterocycles. The predicted molar refractivity (Wildman–Crippen MR) is 101 cm³/mol. The normalized spacial score (nSPS) is 23.5. The topological polar surface area (TPSA) is 42.0 Å². The fourth-order valence-corrected chi connectivity index (χ4v) is 4.62. The Morgan fingerprint density at radius 2 is 1.82 bits per heavy atom. The van der Waals surface area contributed by atoms with Gasteiger partial charge in [-0.05, 0) is 48.2 Å². The van der Waals surface area contributed by atoms with Crippen LogP contribution in [0.1, 0.15) is 29.5 Å². The van der Waals surface area contributed by atoms with Crippen molar-refractivity contribution in [3.63, 3.8) is 0 Å². The van der Waals surface area contributed by atoms with E-state index in [0.29, 0.717) is 25.1 Å². The lowest BCUT2D eigenvalue weighted by molar-refractivity contribution is -0.129. The number of carbonyl (C=O) groups is 1. The van der Waals surface area contributed by atoms with Crippen LogP contribution in [0.2, 0.25) is 0 Å². The van der Waals surface area contributed by atoms with E-state index in [1.807, 2.05) is 35.2 Å². The van der Waals surface area contributed by atoms with Crippen molar-refractivity contribution in [3.05, 3.63) is 58.9 Å². The van der Waals surface area contributed by atoms with Crippen LogP contribution >= 0.6 is 0 Å². The molecule has 3 aliphatic rings. The van der Waals surface area contributed by atoms with Crippen LogP contribution < -0.4 is 9.47 Å². The average molecular weight is 382 g/mol. The summed E-state index contributed by atoms with van der Waals surface area (Å²) in [6.07, 6.45) is 1.48. The number of rotatable bonds is 4. The van der Waals surface area contributed by atoms with Crippen LogP contribution in [0.4, 0.5) is 4.39 Å². The van der Waals surface area contributed by atoms with Gasteiger partial charge in [0.05, 0.1) is 0 Å². The van der Waals surface area contributed by atoms with Gasteiger partial charge in [-0.2, -0.15) is 0 Å². The summed E-state index contributed by atoms with van der Waals surface area (Å²) < 4.78 is 24.7. The molecule has 3 aliphatic heterocycles. The number of hydrogen-bond acceptors (Lipinski definition) is 4. The summed E-state index contributed by atoms with van der Waals surface area (Å²) >= 11 is 0. The largest absolute Gasteiger partial charge is 0.454 e. The number of hydrogen-bond donors (Lipinski definition) is 0. The standard InChI is InChI=1S/C22H23FN2O3/c1-14-2-3-15(8-17(14)23)11-24-7-6-18-19(24)10-22(26)25(18)12-16-4-5-20-21(9-16)28-13-27-20/h2-5,8-9,18-19H,6-7,10-13H2,1H3/t18-,19-/m0/s1. The number of carbonyl (C=O) groups excluding carboxylic acids is 1. The number of fused-ring (bicyclic) bond motifs is 2. The second-order valence-electron chi connectivity index (χ2n) is 7.89. The molecule has 2 aromatic carbocycles. The third-order valence-electron chi connectivity index (χ3n) is 6.14. The molecule has 1 amide bonds. The van der Waals surface area contributed by atoms with Crippen LogP contribution in [0, 0.1) is 12.7 Å². The minimum Gasteiger partial charge on any atom is -0.454 e. The highest BCUT2D eigenvalue weighted by Crippen LogP contribution is 2.37.